The molecule has 0 unspecified atom stereocenters. The lowest BCUT2D eigenvalue weighted by atomic mass is 9.66. The first-order valence-corrected chi connectivity index (χ1v) is 14.9. The van der Waals surface area contributed by atoms with Gasteiger partial charge in [0.15, 0.2) is 0 Å². The van der Waals surface area contributed by atoms with Gasteiger partial charge in [0.1, 0.15) is 11.1 Å². The average molecular weight is 531 g/mol. The zero-order chi connectivity index (χ0) is 26.6. The number of nitrogens with zero attached hydrogens (tertiary/aromatic N) is 1. The van der Waals surface area contributed by atoms with Gasteiger partial charge in [-0.2, -0.15) is 4.31 Å². The Bertz CT molecular complexity index is 1180. The molecule has 1 heterocycles. The smallest absolute Gasteiger partial charge is 0.230 e. The first kappa shape index (κ1) is 27.7. The number of sulfonamides is 1. The van der Waals surface area contributed by atoms with Crippen LogP contribution in [0.5, 0.6) is 0 Å². The molecular weight excluding hydrogens is 491 g/mol. The molecule has 1 amide bonds. The van der Waals surface area contributed by atoms with E-state index < -0.39 is 26.5 Å². The molecule has 0 bridgehead atoms. The molecule has 0 radical (unpaired) electrons. The molecular formula is C29H39FN2O4S. The molecule has 1 saturated carbocycles. The number of halogens is 1. The first-order valence-electron chi connectivity index (χ1n) is 13.4. The van der Waals surface area contributed by atoms with Crippen LogP contribution in [0.4, 0.5) is 4.39 Å². The molecule has 202 valence electrons. The van der Waals surface area contributed by atoms with Gasteiger partial charge in [-0.15, -0.1) is 0 Å². The number of aliphatic hydroxyl groups excluding tert-OH is 1. The first-order chi connectivity index (χ1) is 17.7. The number of benzene rings is 2. The van der Waals surface area contributed by atoms with Crippen LogP contribution >= 0.6 is 0 Å². The number of aliphatic hydroxyl groups is 1. The van der Waals surface area contributed by atoms with Crippen LogP contribution in [-0.2, 0) is 26.8 Å². The molecule has 4 rings (SSSR count). The Balaban J connectivity index is 1.60. The molecule has 0 aromatic heterocycles. The highest BCUT2D eigenvalue weighted by molar-refractivity contribution is 7.89. The summed E-state index contributed by atoms with van der Waals surface area (Å²) in [7, 11) is -3.67. The minimum atomic E-state index is -3.67. The molecule has 2 N–H and O–H groups in total. The Morgan fingerprint density at radius 2 is 1.78 bits per heavy atom. The number of amides is 1. The number of nitrogens with one attached hydrogen (secondary N) is 1. The third kappa shape index (κ3) is 5.76. The minimum Gasteiger partial charge on any atom is -0.396 e. The van der Waals surface area contributed by atoms with E-state index in [1.54, 1.807) is 12.1 Å². The molecule has 37 heavy (non-hydrogen) atoms. The lowest BCUT2D eigenvalue weighted by molar-refractivity contribution is -0.128. The molecule has 1 aliphatic carbocycles. The summed E-state index contributed by atoms with van der Waals surface area (Å²) in [5, 5.41) is 11.4. The summed E-state index contributed by atoms with van der Waals surface area (Å²) in [6, 6.07) is 13.9. The van der Waals surface area contributed by atoms with Crippen molar-refractivity contribution in [2.75, 3.05) is 13.2 Å². The highest BCUT2D eigenvalue weighted by atomic mass is 32.2. The molecule has 8 heteroatoms. The molecule has 0 spiro atoms. The Labute approximate surface area is 220 Å². The van der Waals surface area contributed by atoms with Crippen molar-refractivity contribution >= 4 is 15.9 Å². The Kier molecular flexibility index (Phi) is 8.71. The molecule has 2 fully saturated rings. The van der Waals surface area contributed by atoms with Crippen molar-refractivity contribution in [3.63, 3.8) is 0 Å². The highest BCUT2D eigenvalue weighted by Crippen LogP contribution is 2.43. The maximum Gasteiger partial charge on any atom is 0.230 e. The van der Waals surface area contributed by atoms with Crippen molar-refractivity contribution in [1.29, 1.82) is 0 Å². The van der Waals surface area contributed by atoms with Gasteiger partial charge in [0, 0.05) is 31.3 Å². The SMILES string of the molecule is CC1CCC(C(=O)NCCCO)(c2ccc(CN3[C@@H](C)CC[C@H](c4ccccc4)S3(=O)=O)c(F)c2)CC1. The molecule has 2 atom stereocenters. The lowest BCUT2D eigenvalue weighted by Crippen LogP contribution is -2.47. The fourth-order valence-electron chi connectivity index (χ4n) is 5.84. The van der Waals surface area contributed by atoms with Gasteiger partial charge in [0.25, 0.3) is 0 Å². The van der Waals surface area contributed by atoms with Crippen molar-refractivity contribution in [3.8, 4) is 0 Å². The topological polar surface area (TPSA) is 86.7 Å². The Morgan fingerprint density at radius 3 is 2.43 bits per heavy atom. The Hall–Kier alpha value is -2.29. The van der Waals surface area contributed by atoms with E-state index >= 15 is 4.39 Å². The van der Waals surface area contributed by atoms with Crippen LogP contribution in [0.2, 0.25) is 0 Å². The van der Waals surface area contributed by atoms with Crippen molar-refractivity contribution in [2.45, 2.75) is 82.0 Å². The van der Waals surface area contributed by atoms with Gasteiger partial charge >= 0.3 is 0 Å². The zero-order valence-corrected chi connectivity index (χ0v) is 22.6. The maximum absolute atomic E-state index is 15.6. The van der Waals surface area contributed by atoms with Crippen LogP contribution < -0.4 is 5.32 Å². The molecule has 6 nitrogen and oxygen atoms in total. The van der Waals surface area contributed by atoms with Gasteiger partial charge in [0.05, 0.1) is 5.41 Å². The third-order valence-electron chi connectivity index (χ3n) is 8.31. The summed E-state index contributed by atoms with van der Waals surface area (Å²) < 4.78 is 44.2. The summed E-state index contributed by atoms with van der Waals surface area (Å²) in [5.74, 6) is -0.105. The second kappa shape index (κ2) is 11.6. The van der Waals surface area contributed by atoms with Crippen molar-refractivity contribution < 1.29 is 22.7 Å². The predicted octanol–water partition coefficient (Wildman–Crippen LogP) is 4.83. The van der Waals surface area contributed by atoms with Crippen LogP contribution in [0.1, 0.15) is 80.7 Å². The summed E-state index contributed by atoms with van der Waals surface area (Å²) in [6.07, 6.45) is 4.73. The fourth-order valence-corrected chi connectivity index (χ4v) is 8.03. The van der Waals surface area contributed by atoms with E-state index in [0.717, 1.165) is 18.4 Å². The summed E-state index contributed by atoms with van der Waals surface area (Å²) in [5.41, 5.74) is 0.896. The van der Waals surface area contributed by atoms with E-state index in [1.165, 1.54) is 10.4 Å². The quantitative estimate of drug-likeness (QED) is 0.479. The van der Waals surface area contributed by atoms with Crippen LogP contribution in [0, 0.1) is 11.7 Å². The summed E-state index contributed by atoms with van der Waals surface area (Å²) >= 11 is 0. The van der Waals surface area contributed by atoms with Gasteiger partial charge in [-0.25, -0.2) is 12.8 Å². The van der Waals surface area contributed by atoms with Gasteiger partial charge in [-0.3, -0.25) is 4.79 Å². The number of carbonyl (C=O) groups excluding carboxylic acids is 1. The van der Waals surface area contributed by atoms with E-state index in [-0.39, 0.29) is 25.1 Å². The van der Waals surface area contributed by atoms with Gasteiger partial charge in [-0.1, -0.05) is 49.4 Å². The van der Waals surface area contributed by atoms with E-state index in [0.29, 0.717) is 55.7 Å². The molecule has 2 aromatic carbocycles. The minimum absolute atomic E-state index is 0.00337. The van der Waals surface area contributed by atoms with E-state index in [9.17, 15) is 13.2 Å². The number of rotatable bonds is 8. The predicted molar refractivity (Wildman–Crippen MR) is 143 cm³/mol. The molecule has 2 aromatic rings. The highest BCUT2D eigenvalue weighted by Gasteiger charge is 2.44. The standard InChI is InChI=1S/C29H39FN2O4S/c1-21-13-15-29(16-14-21,28(34)31-17-6-18-33)25-11-10-24(26(30)19-25)20-32-22(2)9-12-27(37(32,35)36)23-7-4-3-5-8-23/h3-5,7-8,10-11,19,21-22,27,33H,6,9,12-18,20H2,1-2H3,(H,31,34)/t21?,22-,27+,29?/m0/s1. The largest absolute Gasteiger partial charge is 0.396 e. The normalized spacial score (nSPS) is 28.1. The van der Waals surface area contributed by atoms with E-state index in [4.69, 9.17) is 5.11 Å². The average Bonchev–Trinajstić information content (AvgIpc) is 2.88. The van der Waals surface area contributed by atoms with Gasteiger partial charge < -0.3 is 10.4 Å². The van der Waals surface area contributed by atoms with Crippen LogP contribution in [-0.4, -0.2) is 42.9 Å². The second-order valence-electron chi connectivity index (χ2n) is 10.8. The van der Waals surface area contributed by atoms with E-state index in [1.807, 2.05) is 37.3 Å². The van der Waals surface area contributed by atoms with Crippen molar-refractivity contribution in [1.82, 2.24) is 9.62 Å². The fraction of sp³-hybridized carbons (Fsp3) is 0.552. The third-order valence-corrected chi connectivity index (χ3v) is 10.7. The molecule has 2 aliphatic rings. The maximum atomic E-state index is 15.6. The van der Waals surface area contributed by atoms with Crippen LogP contribution in [0.3, 0.4) is 0 Å². The zero-order valence-electron chi connectivity index (χ0n) is 21.8. The lowest BCUT2D eigenvalue weighted by Gasteiger charge is -2.39. The second-order valence-corrected chi connectivity index (χ2v) is 12.9. The van der Waals surface area contributed by atoms with Crippen molar-refractivity contribution in [3.05, 3.63) is 71.0 Å². The number of hydrogen-bond donors (Lipinski definition) is 2. The van der Waals surface area contributed by atoms with Crippen molar-refractivity contribution in [2.24, 2.45) is 5.92 Å². The van der Waals surface area contributed by atoms with E-state index in [2.05, 4.69) is 12.2 Å². The Morgan fingerprint density at radius 1 is 1.08 bits per heavy atom. The molecule has 1 saturated heterocycles. The van der Waals surface area contributed by atoms with Crippen LogP contribution in [0.15, 0.2) is 48.5 Å². The number of hydrogen-bond acceptors (Lipinski definition) is 4. The summed E-state index contributed by atoms with van der Waals surface area (Å²) in [6.45, 7) is 4.38. The summed E-state index contributed by atoms with van der Waals surface area (Å²) in [4.78, 5) is 13.3. The molecule has 1 aliphatic heterocycles. The van der Waals surface area contributed by atoms with Gasteiger partial charge in [0.2, 0.25) is 15.9 Å². The van der Waals surface area contributed by atoms with Gasteiger partial charge in [-0.05, 0) is 75.0 Å². The number of carbonyl (C=O) groups is 1. The monoisotopic (exact) mass is 530 g/mol. The van der Waals surface area contributed by atoms with Crippen LogP contribution in [0.25, 0.3) is 0 Å².